The van der Waals surface area contributed by atoms with E-state index in [1.807, 2.05) is 61.2 Å². The van der Waals surface area contributed by atoms with Crippen molar-refractivity contribution in [3.05, 3.63) is 65.0 Å². The molecule has 0 aliphatic carbocycles. The van der Waals surface area contributed by atoms with E-state index in [0.717, 1.165) is 29.8 Å². The van der Waals surface area contributed by atoms with E-state index < -0.39 is 0 Å². The second-order valence-electron chi connectivity index (χ2n) is 9.71. The fourth-order valence-electron chi connectivity index (χ4n) is 5.00. The van der Waals surface area contributed by atoms with Gasteiger partial charge < -0.3 is 24.8 Å². The lowest BCUT2D eigenvalue weighted by Gasteiger charge is -2.35. The highest BCUT2D eigenvalue weighted by Crippen LogP contribution is 2.30. The van der Waals surface area contributed by atoms with Crippen molar-refractivity contribution in [1.29, 1.82) is 0 Å². The van der Waals surface area contributed by atoms with Crippen LogP contribution in [-0.4, -0.2) is 83.6 Å². The molecule has 198 valence electrons. The minimum absolute atomic E-state index is 0.0529. The summed E-state index contributed by atoms with van der Waals surface area (Å²) in [6, 6.07) is 13.5. The average molecular weight is 508 g/mol. The zero-order chi connectivity index (χ0) is 26.4. The summed E-state index contributed by atoms with van der Waals surface area (Å²) in [6.07, 6.45) is 1.17. The molecule has 1 N–H and O–H groups in total. The van der Waals surface area contributed by atoms with Gasteiger partial charge in [-0.25, -0.2) is 9.59 Å². The van der Waals surface area contributed by atoms with Gasteiger partial charge in [0.15, 0.2) is 0 Å². The third-order valence-corrected chi connectivity index (χ3v) is 7.20. The van der Waals surface area contributed by atoms with Crippen LogP contribution < -0.4 is 5.32 Å². The van der Waals surface area contributed by atoms with Gasteiger partial charge in [-0.2, -0.15) is 0 Å². The molecule has 0 spiro atoms. The maximum atomic E-state index is 13.5. The molecular formula is C28H37N5O4. The van der Waals surface area contributed by atoms with Crippen LogP contribution in [0.25, 0.3) is 0 Å². The van der Waals surface area contributed by atoms with Crippen molar-refractivity contribution in [2.45, 2.75) is 45.6 Å². The first-order valence-corrected chi connectivity index (χ1v) is 13.2. The number of benzene rings is 1. The minimum Gasteiger partial charge on any atom is -0.450 e. The first-order valence-electron chi connectivity index (χ1n) is 13.2. The van der Waals surface area contributed by atoms with Crippen molar-refractivity contribution in [3.8, 4) is 0 Å². The van der Waals surface area contributed by atoms with Gasteiger partial charge in [0.2, 0.25) is 0 Å². The number of amides is 4. The Balaban J connectivity index is 1.37. The lowest BCUT2D eigenvalue weighted by molar-refractivity contribution is 0.0568. The van der Waals surface area contributed by atoms with Crippen LogP contribution in [0.1, 0.15) is 66.0 Å². The molecule has 0 bridgehead atoms. The molecular weight excluding hydrogens is 470 g/mol. The molecule has 2 aliphatic heterocycles. The van der Waals surface area contributed by atoms with E-state index >= 15 is 0 Å². The topological polar surface area (TPSA) is 95.1 Å². The number of carbonyl (C=O) groups excluding carboxylic acids is 3. The number of hydrogen-bond donors (Lipinski definition) is 1. The molecule has 1 atom stereocenters. The SMILES string of the molecule is CCOC(=O)N1CCN(C(=O)c2ccc(C)nc2C2CCN(C(=O)N[C@@H](C)c3ccccc3)CC2)CC1. The highest BCUT2D eigenvalue weighted by Gasteiger charge is 2.31. The Hall–Kier alpha value is -3.62. The van der Waals surface area contributed by atoms with Gasteiger partial charge >= 0.3 is 12.1 Å². The molecule has 9 heteroatoms. The van der Waals surface area contributed by atoms with Crippen molar-refractivity contribution in [3.63, 3.8) is 0 Å². The quantitative estimate of drug-likeness (QED) is 0.661. The fraction of sp³-hybridized carbons (Fsp3) is 0.500. The number of piperazine rings is 1. The lowest BCUT2D eigenvalue weighted by Crippen LogP contribution is -2.51. The Morgan fingerprint density at radius 1 is 0.946 bits per heavy atom. The van der Waals surface area contributed by atoms with Crippen LogP contribution in [-0.2, 0) is 4.74 Å². The van der Waals surface area contributed by atoms with E-state index in [2.05, 4.69) is 5.32 Å². The molecule has 37 heavy (non-hydrogen) atoms. The molecule has 0 saturated carbocycles. The van der Waals surface area contributed by atoms with Gasteiger partial charge in [0.1, 0.15) is 0 Å². The molecule has 1 aromatic heterocycles. The van der Waals surface area contributed by atoms with Crippen LogP contribution in [0.4, 0.5) is 9.59 Å². The number of aryl methyl sites for hydroxylation is 1. The zero-order valence-corrected chi connectivity index (χ0v) is 22.0. The molecule has 2 saturated heterocycles. The number of urea groups is 1. The number of pyridine rings is 1. The van der Waals surface area contributed by atoms with Crippen molar-refractivity contribution >= 4 is 18.0 Å². The normalized spacial score (nSPS) is 17.3. The van der Waals surface area contributed by atoms with Gasteiger partial charge in [-0.05, 0) is 51.3 Å². The van der Waals surface area contributed by atoms with Crippen LogP contribution in [0.15, 0.2) is 42.5 Å². The van der Waals surface area contributed by atoms with Crippen molar-refractivity contribution < 1.29 is 19.1 Å². The Labute approximate surface area is 218 Å². The molecule has 1 aromatic carbocycles. The number of likely N-dealkylation sites (tertiary alicyclic amines) is 1. The van der Waals surface area contributed by atoms with Crippen LogP contribution >= 0.6 is 0 Å². The van der Waals surface area contributed by atoms with Gasteiger partial charge in [0.05, 0.1) is 23.9 Å². The third kappa shape index (κ3) is 6.39. The Kier molecular flexibility index (Phi) is 8.63. The number of ether oxygens (including phenoxy) is 1. The van der Waals surface area contributed by atoms with E-state index in [1.165, 1.54) is 0 Å². The second-order valence-corrected chi connectivity index (χ2v) is 9.71. The zero-order valence-electron chi connectivity index (χ0n) is 22.0. The monoisotopic (exact) mass is 507 g/mol. The fourth-order valence-corrected chi connectivity index (χ4v) is 5.00. The summed E-state index contributed by atoms with van der Waals surface area (Å²) in [5.41, 5.74) is 3.38. The molecule has 2 aliphatic rings. The first-order chi connectivity index (χ1) is 17.9. The molecule has 0 unspecified atom stereocenters. The van der Waals surface area contributed by atoms with Crippen molar-refractivity contribution in [1.82, 2.24) is 25.0 Å². The van der Waals surface area contributed by atoms with Gasteiger partial charge in [-0.15, -0.1) is 0 Å². The maximum Gasteiger partial charge on any atom is 0.409 e. The summed E-state index contributed by atoms with van der Waals surface area (Å²) in [4.78, 5) is 48.4. The predicted octanol–water partition coefficient (Wildman–Crippen LogP) is 3.95. The van der Waals surface area contributed by atoms with Gasteiger partial charge in [0.25, 0.3) is 5.91 Å². The second kappa shape index (κ2) is 12.1. The van der Waals surface area contributed by atoms with Crippen LogP contribution in [0, 0.1) is 6.92 Å². The molecule has 4 amide bonds. The number of nitrogens with zero attached hydrogens (tertiary/aromatic N) is 4. The van der Waals surface area contributed by atoms with Gasteiger partial charge in [-0.3, -0.25) is 9.78 Å². The number of piperidine rings is 1. The van der Waals surface area contributed by atoms with E-state index in [0.29, 0.717) is 51.4 Å². The van der Waals surface area contributed by atoms with Crippen molar-refractivity contribution in [2.75, 3.05) is 45.9 Å². The lowest BCUT2D eigenvalue weighted by atomic mass is 9.89. The molecule has 3 heterocycles. The number of hydrogen-bond acceptors (Lipinski definition) is 5. The molecule has 9 nitrogen and oxygen atoms in total. The molecule has 0 radical (unpaired) electrons. The van der Waals surface area contributed by atoms with Crippen LogP contribution in [0.5, 0.6) is 0 Å². The molecule has 2 fully saturated rings. The average Bonchev–Trinajstić information content (AvgIpc) is 2.93. The minimum atomic E-state index is -0.332. The Bertz CT molecular complexity index is 1090. The Morgan fingerprint density at radius 3 is 2.24 bits per heavy atom. The predicted molar refractivity (Wildman–Crippen MR) is 140 cm³/mol. The Morgan fingerprint density at radius 2 is 1.59 bits per heavy atom. The maximum absolute atomic E-state index is 13.5. The van der Waals surface area contributed by atoms with E-state index in [1.54, 1.807) is 16.7 Å². The van der Waals surface area contributed by atoms with Gasteiger partial charge in [0, 0.05) is 50.9 Å². The standard InChI is InChI=1S/C28H37N5O4/c1-4-37-28(36)33-18-16-31(17-19-33)26(34)24-11-10-20(2)29-25(24)23-12-14-32(15-13-23)27(35)30-21(3)22-8-6-5-7-9-22/h5-11,21,23H,4,12-19H2,1-3H3,(H,30,35)/t21-/m0/s1. The van der Waals surface area contributed by atoms with E-state index in [-0.39, 0.29) is 30.0 Å². The van der Waals surface area contributed by atoms with Crippen LogP contribution in [0.3, 0.4) is 0 Å². The summed E-state index contributed by atoms with van der Waals surface area (Å²) in [5, 5.41) is 3.10. The first kappa shape index (κ1) is 26.4. The summed E-state index contributed by atoms with van der Waals surface area (Å²) in [5.74, 6) is 0.0538. The summed E-state index contributed by atoms with van der Waals surface area (Å²) >= 11 is 0. The molecule has 2 aromatic rings. The number of carbonyl (C=O) groups is 3. The summed E-state index contributed by atoms with van der Waals surface area (Å²) in [6.45, 7) is 9.09. The third-order valence-electron chi connectivity index (χ3n) is 7.20. The smallest absolute Gasteiger partial charge is 0.409 e. The van der Waals surface area contributed by atoms with Crippen LogP contribution in [0.2, 0.25) is 0 Å². The van der Waals surface area contributed by atoms with E-state index in [9.17, 15) is 14.4 Å². The summed E-state index contributed by atoms with van der Waals surface area (Å²) < 4.78 is 5.08. The number of aromatic nitrogens is 1. The van der Waals surface area contributed by atoms with Crippen molar-refractivity contribution in [2.24, 2.45) is 0 Å². The summed E-state index contributed by atoms with van der Waals surface area (Å²) in [7, 11) is 0. The highest BCUT2D eigenvalue weighted by molar-refractivity contribution is 5.95. The molecule has 4 rings (SSSR count). The number of nitrogens with one attached hydrogen (secondary N) is 1. The largest absolute Gasteiger partial charge is 0.450 e. The van der Waals surface area contributed by atoms with Gasteiger partial charge in [-0.1, -0.05) is 30.3 Å². The van der Waals surface area contributed by atoms with E-state index in [4.69, 9.17) is 9.72 Å². The number of rotatable bonds is 5. The highest BCUT2D eigenvalue weighted by atomic mass is 16.6.